The summed E-state index contributed by atoms with van der Waals surface area (Å²) in [7, 11) is 3.43. The fourth-order valence-electron chi connectivity index (χ4n) is 4.97. The number of fused-ring (bicyclic) bond motifs is 2. The van der Waals surface area contributed by atoms with Crippen molar-refractivity contribution in [2.45, 2.75) is 50.5 Å². The summed E-state index contributed by atoms with van der Waals surface area (Å²) in [5.74, 6) is -1.53. The molecule has 3 amide bonds. The monoisotopic (exact) mass is 444 g/mol. The van der Waals surface area contributed by atoms with Gasteiger partial charge < -0.3 is 15.0 Å². The second-order valence-electron chi connectivity index (χ2n) is 9.12. The highest BCUT2D eigenvalue weighted by atomic mass is 19.1. The number of hydrogen-bond acceptors (Lipinski definition) is 6. The maximum absolute atomic E-state index is 15.3. The SMILES string of the molecule is CNC(=O)C(CCC=O)N1C(=O)c2cc3c(cc2C1=O)CN(CC1(F)CCN(C)CC1)C3. The van der Waals surface area contributed by atoms with Crippen molar-refractivity contribution in [3.8, 4) is 0 Å². The fourth-order valence-corrected chi connectivity index (χ4v) is 4.97. The van der Waals surface area contributed by atoms with Gasteiger partial charge in [0.05, 0.1) is 11.1 Å². The minimum atomic E-state index is -1.22. The molecule has 9 heteroatoms. The number of piperidine rings is 1. The molecular formula is C23H29FN4O4. The van der Waals surface area contributed by atoms with Crippen LogP contribution >= 0.6 is 0 Å². The third kappa shape index (κ3) is 4.06. The molecule has 3 aliphatic heterocycles. The molecule has 1 fully saturated rings. The number of nitrogens with one attached hydrogen (secondary N) is 1. The highest BCUT2D eigenvalue weighted by Gasteiger charge is 2.44. The molecule has 0 aliphatic carbocycles. The Bertz CT molecular complexity index is 913. The van der Waals surface area contributed by atoms with E-state index in [0.29, 0.717) is 38.8 Å². The van der Waals surface area contributed by atoms with Crippen molar-refractivity contribution in [2.24, 2.45) is 0 Å². The molecule has 0 radical (unpaired) electrons. The Balaban J connectivity index is 1.52. The van der Waals surface area contributed by atoms with Crippen LogP contribution in [-0.2, 0) is 22.7 Å². The van der Waals surface area contributed by atoms with Crippen molar-refractivity contribution < 1.29 is 23.6 Å². The first-order valence-electron chi connectivity index (χ1n) is 11.0. The number of carbonyl (C=O) groups is 4. The van der Waals surface area contributed by atoms with Crippen LogP contribution in [-0.4, -0.2) is 84.1 Å². The number of carbonyl (C=O) groups excluding carboxylic acids is 4. The van der Waals surface area contributed by atoms with Crippen LogP contribution in [0.25, 0.3) is 0 Å². The van der Waals surface area contributed by atoms with Crippen LogP contribution in [0, 0.1) is 0 Å². The summed E-state index contributed by atoms with van der Waals surface area (Å²) in [5, 5.41) is 2.47. The van der Waals surface area contributed by atoms with E-state index in [4.69, 9.17) is 0 Å². The van der Waals surface area contributed by atoms with E-state index in [1.54, 1.807) is 12.1 Å². The van der Waals surface area contributed by atoms with Crippen molar-refractivity contribution in [1.29, 1.82) is 0 Å². The largest absolute Gasteiger partial charge is 0.357 e. The Morgan fingerprint density at radius 3 is 2.22 bits per heavy atom. The van der Waals surface area contributed by atoms with Crippen LogP contribution in [0.3, 0.4) is 0 Å². The van der Waals surface area contributed by atoms with Crippen molar-refractivity contribution in [1.82, 2.24) is 20.0 Å². The second-order valence-corrected chi connectivity index (χ2v) is 9.12. The van der Waals surface area contributed by atoms with Crippen molar-refractivity contribution in [2.75, 3.05) is 33.7 Å². The molecule has 1 aromatic rings. The van der Waals surface area contributed by atoms with Gasteiger partial charge >= 0.3 is 0 Å². The maximum atomic E-state index is 15.3. The van der Waals surface area contributed by atoms with Gasteiger partial charge in [0.25, 0.3) is 11.8 Å². The highest BCUT2D eigenvalue weighted by Crippen LogP contribution is 2.35. The average Bonchev–Trinajstić information content (AvgIpc) is 3.27. The van der Waals surface area contributed by atoms with E-state index >= 15 is 4.39 Å². The average molecular weight is 445 g/mol. The van der Waals surface area contributed by atoms with E-state index in [1.807, 2.05) is 11.9 Å². The first-order valence-corrected chi connectivity index (χ1v) is 11.0. The summed E-state index contributed by atoms with van der Waals surface area (Å²) >= 11 is 0. The van der Waals surface area contributed by atoms with Gasteiger partial charge in [-0.2, -0.15) is 0 Å². The van der Waals surface area contributed by atoms with Crippen LogP contribution in [0.4, 0.5) is 4.39 Å². The summed E-state index contributed by atoms with van der Waals surface area (Å²) in [6.07, 6.45) is 1.81. The summed E-state index contributed by atoms with van der Waals surface area (Å²) in [4.78, 5) is 54.4. The van der Waals surface area contributed by atoms with E-state index in [-0.39, 0.29) is 24.0 Å². The minimum Gasteiger partial charge on any atom is -0.357 e. The molecule has 8 nitrogen and oxygen atoms in total. The summed E-state index contributed by atoms with van der Waals surface area (Å²) in [6.45, 7) is 2.85. The van der Waals surface area contributed by atoms with Gasteiger partial charge in [-0.1, -0.05) is 0 Å². The Kier molecular flexibility index (Phi) is 6.13. The number of halogens is 1. The van der Waals surface area contributed by atoms with Crippen molar-refractivity contribution in [3.05, 3.63) is 34.4 Å². The quantitative estimate of drug-likeness (QED) is 0.501. The van der Waals surface area contributed by atoms with Gasteiger partial charge in [0.2, 0.25) is 5.91 Å². The van der Waals surface area contributed by atoms with E-state index in [2.05, 4.69) is 10.2 Å². The Labute approximate surface area is 186 Å². The van der Waals surface area contributed by atoms with Crippen LogP contribution in [0.5, 0.6) is 0 Å². The minimum absolute atomic E-state index is 0.0672. The van der Waals surface area contributed by atoms with Crippen LogP contribution < -0.4 is 5.32 Å². The van der Waals surface area contributed by atoms with Crippen molar-refractivity contribution >= 4 is 24.0 Å². The Morgan fingerprint density at radius 2 is 1.72 bits per heavy atom. The fraction of sp³-hybridized carbons (Fsp3) is 0.565. The zero-order valence-corrected chi connectivity index (χ0v) is 18.5. The number of likely N-dealkylation sites (tertiary alicyclic amines) is 1. The van der Waals surface area contributed by atoms with E-state index in [0.717, 1.165) is 29.1 Å². The van der Waals surface area contributed by atoms with Gasteiger partial charge in [-0.05, 0) is 49.6 Å². The number of hydrogen-bond donors (Lipinski definition) is 1. The normalized spacial score (nSPS) is 21.4. The smallest absolute Gasteiger partial charge is 0.262 e. The van der Waals surface area contributed by atoms with Crippen LogP contribution in [0.2, 0.25) is 0 Å². The Hall–Kier alpha value is -2.65. The first kappa shape index (κ1) is 22.5. The van der Waals surface area contributed by atoms with Gasteiger partial charge in [0.15, 0.2) is 0 Å². The molecule has 4 rings (SSSR count). The first-order chi connectivity index (χ1) is 15.3. The molecule has 0 saturated carbocycles. The number of benzene rings is 1. The molecule has 1 N–H and O–H groups in total. The predicted molar refractivity (Wildman–Crippen MR) is 115 cm³/mol. The number of rotatable bonds is 7. The number of amides is 3. The van der Waals surface area contributed by atoms with Gasteiger partial charge in [-0.3, -0.25) is 24.2 Å². The van der Waals surface area contributed by atoms with Crippen molar-refractivity contribution in [3.63, 3.8) is 0 Å². The molecular weight excluding hydrogens is 415 g/mol. The lowest BCUT2D eigenvalue weighted by molar-refractivity contribution is -0.124. The molecule has 0 spiro atoms. The standard InChI is InChI=1S/C23H29FN4O4/c1-25-20(30)19(4-3-9-29)28-21(31)17-10-15-12-27(13-16(15)11-18(17)22(28)32)14-23(24)5-7-26(2)8-6-23/h9-11,19H,3-8,12-14H2,1-2H3,(H,25,30). The van der Waals surface area contributed by atoms with E-state index in [9.17, 15) is 19.2 Å². The third-order valence-electron chi connectivity index (χ3n) is 6.83. The molecule has 3 aliphatic rings. The zero-order chi connectivity index (χ0) is 23.0. The predicted octanol–water partition coefficient (Wildman–Crippen LogP) is 1.13. The summed E-state index contributed by atoms with van der Waals surface area (Å²) in [6, 6.07) is 2.40. The van der Waals surface area contributed by atoms with E-state index < -0.39 is 29.4 Å². The molecule has 1 saturated heterocycles. The number of alkyl halides is 1. The lowest BCUT2D eigenvalue weighted by Crippen LogP contribution is -2.48. The van der Waals surface area contributed by atoms with E-state index in [1.165, 1.54) is 7.05 Å². The molecule has 172 valence electrons. The van der Waals surface area contributed by atoms with Gasteiger partial charge in [0, 0.05) is 46.2 Å². The maximum Gasteiger partial charge on any atom is 0.262 e. The number of nitrogens with zero attached hydrogens (tertiary/aromatic N) is 3. The highest BCUT2D eigenvalue weighted by molar-refractivity contribution is 6.23. The van der Waals surface area contributed by atoms with Crippen LogP contribution in [0.15, 0.2) is 12.1 Å². The number of imide groups is 1. The number of aldehydes is 1. The summed E-state index contributed by atoms with van der Waals surface area (Å²) < 4.78 is 15.3. The zero-order valence-electron chi connectivity index (χ0n) is 18.5. The number of likely N-dealkylation sites (N-methyl/N-ethyl adjacent to an activating group) is 1. The lowest BCUT2D eigenvalue weighted by atomic mass is 9.93. The lowest BCUT2D eigenvalue weighted by Gasteiger charge is -2.36. The Morgan fingerprint density at radius 1 is 1.16 bits per heavy atom. The van der Waals surface area contributed by atoms with Crippen LogP contribution in [0.1, 0.15) is 57.5 Å². The molecule has 32 heavy (non-hydrogen) atoms. The third-order valence-corrected chi connectivity index (χ3v) is 6.83. The van der Waals surface area contributed by atoms with Gasteiger partial charge in [-0.15, -0.1) is 0 Å². The molecule has 1 aromatic carbocycles. The molecule has 0 aromatic heterocycles. The van der Waals surface area contributed by atoms with Gasteiger partial charge in [0.1, 0.15) is 18.0 Å². The van der Waals surface area contributed by atoms with Gasteiger partial charge in [-0.25, -0.2) is 4.39 Å². The molecule has 1 atom stereocenters. The topological polar surface area (TPSA) is 90.0 Å². The molecule has 1 unspecified atom stereocenters. The summed E-state index contributed by atoms with van der Waals surface area (Å²) in [5.41, 5.74) is 1.13. The second kappa shape index (κ2) is 8.71. The molecule has 0 bridgehead atoms. The molecule has 3 heterocycles.